The molecule has 1 heterocycles. The number of nitrogens with zero attached hydrogens (tertiary/aromatic N) is 1. The second-order valence-electron chi connectivity index (χ2n) is 6.78. The molecular formula is C17H22N2O6. The zero-order valence-electron chi connectivity index (χ0n) is 14.7. The van der Waals surface area contributed by atoms with Crippen LogP contribution in [0.2, 0.25) is 0 Å². The molecule has 1 atom stereocenters. The number of anilines is 1. The molecule has 1 aromatic rings. The second-order valence-corrected chi connectivity index (χ2v) is 6.78. The van der Waals surface area contributed by atoms with E-state index in [1.165, 1.54) is 11.9 Å². The maximum Gasteiger partial charge on any atom is 0.411 e. The van der Waals surface area contributed by atoms with E-state index in [0.717, 1.165) is 0 Å². The highest BCUT2D eigenvalue weighted by atomic mass is 16.6. The molecule has 2 N–H and O–H groups in total. The van der Waals surface area contributed by atoms with Gasteiger partial charge >= 0.3 is 12.1 Å². The maximum absolute atomic E-state index is 12.9. The molecule has 8 heteroatoms. The third-order valence-corrected chi connectivity index (χ3v) is 3.55. The molecule has 2 amide bonds. The number of benzene rings is 1. The van der Waals surface area contributed by atoms with Crippen LogP contribution in [-0.4, -0.2) is 41.4 Å². The number of hydrogen-bond acceptors (Lipinski definition) is 5. The zero-order valence-corrected chi connectivity index (χ0v) is 14.7. The Morgan fingerprint density at radius 3 is 2.56 bits per heavy atom. The lowest BCUT2D eigenvalue weighted by molar-refractivity contribution is -0.143. The lowest BCUT2D eigenvalue weighted by Gasteiger charge is -2.41. The van der Waals surface area contributed by atoms with E-state index in [2.05, 4.69) is 5.32 Å². The van der Waals surface area contributed by atoms with Gasteiger partial charge in [-0.25, -0.2) is 4.79 Å². The highest BCUT2D eigenvalue weighted by Gasteiger charge is 2.49. The van der Waals surface area contributed by atoms with Gasteiger partial charge in [-0.2, -0.15) is 0 Å². The first-order valence-electron chi connectivity index (χ1n) is 7.83. The van der Waals surface area contributed by atoms with Gasteiger partial charge in [0.05, 0.1) is 12.1 Å². The summed E-state index contributed by atoms with van der Waals surface area (Å²) < 4.78 is 11.0. The van der Waals surface area contributed by atoms with E-state index in [9.17, 15) is 14.4 Å². The topological polar surface area (TPSA) is 105 Å². The zero-order chi connectivity index (χ0) is 18.8. The number of amides is 2. The number of likely N-dealkylation sites (N-methyl/N-ethyl adjacent to an activating group) is 1. The number of aliphatic carboxylic acids is 1. The smallest absolute Gasteiger partial charge is 0.411 e. The van der Waals surface area contributed by atoms with Gasteiger partial charge in [0.15, 0.2) is 0 Å². The normalized spacial score (nSPS) is 19.7. The van der Waals surface area contributed by atoms with Crippen LogP contribution in [0.25, 0.3) is 0 Å². The van der Waals surface area contributed by atoms with Gasteiger partial charge in [-0.3, -0.25) is 14.9 Å². The van der Waals surface area contributed by atoms with Crippen molar-refractivity contribution in [1.29, 1.82) is 0 Å². The van der Waals surface area contributed by atoms with Gasteiger partial charge in [0.1, 0.15) is 11.4 Å². The Kier molecular flexibility index (Phi) is 4.92. The molecule has 1 aliphatic rings. The van der Waals surface area contributed by atoms with E-state index in [1.807, 2.05) is 0 Å². The van der Waals surface area contributed by atoms with Crippen LogP contribution >= 0.6 is 0 Å². The van der Waals surface area contributed by atoms with E-state index >= 15 is 0 Å². The highest BCUT2D eigenvalue weighted by Crippen LogP contribution is 2.37. The van der Waals surface area contributed by atoms with Crippen molar-refractivity contribution in [3.05, 3.63) is 24.3 Å². The molecule has 8 nitrogen and oxygen atoms in total. The minimum Gasteiger partial charge on any atom is -0.481 e. The fourth-order valence-corrected chi connectivity index (χ4v) is 2.48. The Labute approximate surface area is 145 Å². The standard InChI is InChI=1S/C17H22N2O6/c1-16(2,3)25-15(23)18-17(10-9-13(20)21)14(22)19(4)11-7-5-6-8-12(11)24-17/h5-8H,9-10H2,1-4H3,(H,18,23)(H,20,21)/t17-/m0/s1. The summed E-state index contributed by atoms with van der Waals surface area (Å²) in [7, 11) is 1.54. The van der Waals surface area contributed by atoms with Gasteiger partial charge < -0.3 is 19.5 Å². The summed E-state index contributed by atoms with van der Waals surface area (Å²) in [5.41, 5.74) is -2.09. The van der Waals surface area contributed by atoms with Crippen LogP contribution in [-0.2, 0) is 14.3 Å². The third-order valence-electron chi connectivity index (χ3n) is 3.55. The molecule has 136 valence electrons. The van der Waals surface area contributed by atoms with E-state index in [4.69, 9.17) is 14.6 Å². The number of carbonyl (C=O) groups is 3. The summed E-state index contributed by atoms with van der Waals surface area (Å²) in [6.07, 6.45) is -1.46. The maximum atomic E-state index is 12.9. The Balaban J connectivity index is 2.37. The van der Waals surface area contributed by atoms with Crippen molar-refractivity contribution in [3.63, 3.8) is 0 Å². The number of fused-ring (bicyclic) bond motifs is 1. The fraction of sp³-hybridized carbons (Fsp3) is 0.471. The molecule has 0 aromatic heterocycles. The van der Waals surface area contributed by atoms with Crippen molar-refractivity contribution in [2.75, 3.05) is 11.9 Å². The number of nitrogens with one attached hydrogen (secondary N) is 1. The molecule has 25 heavy (non-hydrogen) atoms. The predicted molar refractivity (Wildman–Crippen MR) is 89.5 cm³/mol. The van der Waals surface area contributed by atoms with Gasteiger partial charge in [-0.1, -0.05) is 12.1 Å². The minimum absolute atomic E-state index is 0.237. The van der Waals surface area contributed by atoms with E-state index in [1.54, 1.807) is 45.0 Å². The molecular weight excluding hydrogens is 328 g/mol. The first-order valence-corrected chi connectivity index (χ1v) is 7.83. The summed E-state index contributed by atoms with van der Waals surface area (Å²) in [4.78, 5) is 37.4. The van der Waals surface area contributed by atoms with Crippen LogP contribution in [0.3, 0.4) is 0 Å². The molecule has 0 spiro atoms. The summed E-state index contributed by atoms with van der Waals surface area (Å²) in [5, 5.41) is 11.4. The van der Waals surface area contributed by atoms with Crippen LogP contribution in [0.1, 0.15) is 33.6 Å². The van der Waals surface area contributed by atoms with Crippen molar-refractivity contribution in [3.8, 4) is 5.75 Å². The Morgan fingerprint density at radius 2 is 1.96 bits per heavy atom. The number of ether oxygens (including phenoxy) is 2. The summed E-state index contributed by atoms with van der Waals surface area (Å²) in [6, 6.07) is 6.81. The number of rotatable bonds is 4. The summed E-state index contributed by atoms with van der Waals surface area (Å²) in [5.74, 6) is -1.31. The summed E-state index contributed by atoms with van der Waals surface area (Å²) >= 11 is 0. The number of carbonyl (C=O) groups excluding carboxylic acids is 2. The van der Waals surface area contributed by atoms with Gasteiger partial charge in [-0.05, 0) is 32.9 Å². The van der Waals surface area contributed by atoms with Gasteiger partial charge in [0.25, 0.3) is 11.6 Å². The molecule has 2 rings (SSSR count). The second kappa shape index (κ2) is 6.62. The number of carboxylic acids is 1. The number of alkyl carbamates (subject to hydrolysis) is 1. The van der Waals surface area contributed by atoms with Gasteiger partial charge in [0.2, 0.25) is 0 Å². The monoisotopic (exact) mass is 350 g/mol. The first kappa shape index (κ1) is 18.6. The molecule has 0 saturated carbocycles. The highest BCUT2D eigenvalue weighted by molar-refractivity contribution is 6.03. The van der Waals surface area contributed by atoms with Crippen LogP contribution in [0, 0.1) is 0 Å². The minimum atomic E-state index is -1.84. The third kappa shape index (κ3) is 4.20. The average molecular weight is 350 g/mol. The van der Waals surface area contributed by atoms with E-state index < -0.39 is 29.3 Å². The Hall–Kier alpha value is -2.77. The van der Waals surface area contributed by atoms with Crippen LogP contribution < -0.4 is 15.0 Å². The number of carboxylic acid groups (broad SMARTS) is 1. The molecule has 0 aliphatic carbocycles. The molecule has 0 bridgehead atoms. The first-order chi connectivity index (χ1) is 11.5. The van der Waals surface area contributed by atoms with Crippen molar-refractivity contribution in [2.45, 2.75) is 44.9 Å². The van der Waals surface area contributed by atoms with Gasteiger partial charge in [-0.15, -0.1) is 0 Å². The van der Waals surface area contributed by atoms with E-state index in [-0.39, 0.29) is 12.8 Å². The van der Waals surface area contributed by atoms with Crippen LogP contribution in [0.5, 0.6) is 5.75 Å². The molecule has 0 radical (unpaired) electrons. The van der Waals surface area contributed by atoms with Crippen molar-refractivity contribution in [2.24, 2.45) is 0 Å². The number of hydrogen-bond donors (Lipinski definition) is 2. The lowest BCUT2D eigenvalue weighted by Crippen LogP contribution is -2.65. The predicted octanol–water partition coefficient (Wildman–Crippen LogP) is 2.13. The van der Waals surface area contributed by atoms with Crippen LogP contribution in [0.4, 0.5) is 10.5 Å². The molecule has 1 aliphatic heterocycles. The van der Waals surface area contributed by atoms with Gasteiger partial charge in [0, 0.05) is 13.5 Å². The SMILES string of the molecule is CN1C(=O)[C@@](CCC(=O)O)(NC(=O)OC(C)(C)C)Oc2ccccc21. The van der Waals surface area contributed by atoms with E-state index in [0.29, 0.717) is 11.4 Å². The average Bonchev–Trinajstić information content (AvgIpc) is 2.49. The largest absolute Gasteiger partial charge is 0.481 e. The quantitative estimate of drug-likeness (QED) is 0.862. The van der Waals surface area contributed by atoms with Crippen molar-refractivity contribution in [1.82, 2.24) is 5.32 Å². The Morgan fingerprint density at radius 1 is 1.32 bits per heavy atom. The lowest BCUT2D eigenvalue weighted by atomic mass is 10.0. The van der Waals surface area contributed by atoms with Crippen molar-refractivity contribution < 1.29 is 29.0 Å². The Bertz CT molecular complexity index is 697. The number of para-hydroxylation sites is 2. The molecule has 0 fully saturated rings. The van der Waals surface area contributed by atoms with Crippen LogP contribution in [0.15, 0.2) is 24.3 Å². The molecule has 1 aromatic carbocycles. The molecule has 0 unspecified atom stereocenters. The molecule has 0 saturated heterocycles. The summed E-state index contributed by atoms with van der Waals surface area (Å²) in [6.45, 7) is 5.05. The fourth-order valence-electron chi connectivity index (χ4n) is 2.48. The van der Waals surface area contributed by atoms with Crippen molar-refractivity contribution >= 4 is 23.7 Å².